The van der Waals surface area contributed by atoms with Gasteiger partial charge in [0.2, 0.25) is 5.91 Å². The number of piperazine rings is 1. The molecule has 2 aromatic carbocycles. The van der Waals surface area contributed by atoms with Gasteiger partial charge in [-0.2, -0.15) is 0 Å². The van der Waals surface area contributed by atoms with E-state index in [1.54, 1.807) is 0 Å². The highest BCUT2D eigenvalue weighted by Crippen LogP contribution is 2.20. The molecular weight excluding hydrogens is 362 g/mol. The highest BCUT2D eigenvalue weighted by Gasteiger charge is 2.19. The lowest BCUT2D eigenvalue weighted by Crippen LogP contribution is -2.46. The standard InChI is InChI=1S/C23H25N5O/c29-23(12-11-19-7-3-1-4-8-19)26-21-17-22(25-18-24-21)28-15-13-27(14-16-28)20-9-5-2-6-10-20/h1-10,17-18H,11-16H2,(H,24,25,26,29). The molecule has 148 valence electrons. The summed E-state index contributed by atoms with van der Waals surface area (Å²) in [4.78, 5) is 25.5. The maximum absolute atomic E-state index is 12.3. The lowest BCUT2D eigenvalue weighted by atomic mass is 10.1. The van der Waals surface area contributed by atoms with Crippen LogP contribution in [0.15, 0.2) is 73.1 Å². The van der Waals surface area contributed by atoms with E-state index in [2.05, 4.69) is 49.4 Å². The summed E-state index contributed by atoms with van der Waals surface area (Å²) in [6.45, 7) is 3.64. The zero-order valence-electron chi connectivity index (χ0n) is 16.4. The van der Waals surface area contributed by atoms with Crippen LogP contribution in [0.4, 0.5) is 17.3 Å². The molecule has 1 aliphatic rings. The molecule has 6 nitrogen and oxygen atoms in total. The summed E-state index contributed by atoms with van der Waals surface area (Å²) in [5, 5.41) is 2.90. The summed E-state index contributed by atoms with van der Waals surface area (Å²) < 4.78 is 0. The first-order chi connectivity index (χ1) is 14.3. The van der Waals surface area contributed by atoms with E-state index in [9.17, 15) is 4.79 Å². The molecule has 0 spiro atoms. The Labute approximate surface area is 171 Å². The van der Waals surface area contributed by atoms with E-state index in [-0.39, 0.29) is 5.91 Å². The minimum Gasteiger partial charge on any atom is -0.368 e. The highest BCUT2D eigenvalue weighted by molar-refractivity contribution is 5.90. The lowest BCUT2D eigenvalue weighted by molar-refractivity contribution is -0.116. The molecule has 0 atom stereocenters. The number of rotatable bonds is 6. The molecule has 6 heteroatoms. The average molecular weight is 387 g/mol. The molecule has 1 aromatic heterocycles. The Kier molecular flexibility index (Phi) is 6.00. The first-order valence-corrected chi connectivity index (χ1v) is 9.99. The molecule has 2 heterocycles. The minimum atomic E-state index is -0.0348. The van der Waals surface area contributed by atoms with Gasteiger partial charge < -0.3 is 15.1 Å². The van der Waals surface area contributed by atoms with E-state index in [0.29, 0.717) is 18.7 Å². The number of aromatic nitrogens is 2. The van der Waals surface area contributed by atoms with Gasteiger partial charge in [-0.3, -0.25) is 4.79 Å². The number of carbonyl (C=O) groups excluding carboxylic acids is 1. The van der Waals surface area contributed by atoms with Crippen molar-refractivity contribution in [1.82, 2.24) is 9.97 Å². The van der Waals surface area contributed by atoms with Gasteiger partial charge in [0.1, 0.15) is 18.0 Å². The smallest absolute Gasteiger partial charge is 0.225 e. The van der Waals surface area contributed by atoms with Gasteiger partial charge in [-0.05, 0) is 24.1 Å². The fourth-order valence-electron chi connectivity index (χ4n) is 3.53. The Morgan fingerprint density at radius 3 is 2.24 bits per heavy atom. The number of anilines is 3. The van der Waals surface area contributed by atoms with E-state index in [0.717, 1.165) is 37.6 Å². The molecule has 1 N–H and O–H groups in total. The van der Waals surface area contributed by atoms with E-state index in [1.165, 1.54) is 12.0 Å². The minimum absolute atomic E-state index is 0.0348. The molecule has 0 aliphatic carbocycles. The molecule has 1 aliphatic heterocycles. The zero-order chi connectivity index (χ0) is 19.9. The maximum Gasteiger partial charge on any atom is 0.225 e. The van der Waals surface area contributed by atoms with Crippen molar-refractivity contribution in [3.05, 3.63) is 78.6 Å². The van der Waals surface area contributed by atoms with Crippen molar-refractivity contribution in [2.75, 3.05) is 41.3 Å². The van der Waals surface area contributed by atoms with Crippen LogP contribution in [0.25, 0.3) is 0 Å². The Hall–Kier alpha value is -3.41. The Balaban J connectivity index is 1.31. The van der Waals surface area contributed by atoms with Gasteiger partial charge in [-0.25, -0.2) is 9.97 Å². The SMILES string of the molecule is O=C(CCc1ccccc1)Nc1cc(N2CCN(c3ccccc3)CC2)ncn1. The monoisotopic (exact) mass is 387 g/mol. The quantitative estimate of drug-likeness (QED) is 0.703. The second-order valence-electron chi connectivity index (χ2n) is 7.10. The van der Waals surface area contributed by atoms with E-state index in [1.807, 2.05) is 42.5 Å². The second kappa shape index (κ2) is 9.19. The summed E-state index contributed by atoms with van der Waals surface area (Å²) in [5.41, 5.74) is 2.41. The largest absolute Gasteiger partial charge is 0.368 e. The van der Waals surface area contributed by atoms with Crippen LogP contribution < -0.4 is 15.1 Å². The number of para-hydroxylation sites is 1. The number of hydrogen-bond donors (Lipinski definition) is 1. The predicted octanol–water partition coefficient (Wildman–Crippen LogP) is 3.37. The van der Waals surface area contributed by atoms with E-state index in [4.69, 9.17) is 0 Å². The predicted molar refractivity (Wildman–Crippen MR) is 116 cm³/mol. The molecule has 1 fully saturated rings. The molecular formula is C23H25N5O. The lowest BCUT2D eigenvalue weighted by Gasteiger charge is -2.36. The van der Waals surface area contributed by atoms with Crippen LogP contribution >= 0.6 is 0 Å². The fourth-order valence-corrected chi connectivity index (χ4v) is 3.53. The fraction of sp³-hybridized carbons (Fsp3) is 0.261. The van der Waals surface area contributed by atoms with E-state index >= 15 is 0 Å². The van der Waals surface area contributed by atoms with Crippen LogP contribution in [0.2, 0.25) is 0 Å². The maximum atomic E-state index is 12.3. The molecule has 4 rings (SSSR count). The Morgan fingerprint density at radius 2 is 1.52 bits per heavy atom. The first-order valence-electron chi connectivity index (χ1n) is 9.99. The van der Waals surface area contributed by atoms with Gasteiger partial charge in [0, 0.05) is 44.4 Å². The Morgan fingerprint density at radius 1 is 0.862 bits per heavy atom. The molecule has 1 amide bonds. The number of nitrogens with zero attached hydrogens (tertiary/aromatic N) is 4. The number of nitrogens with one attached hydrogen (secondary N) is 1. The van der Waals surface area contributed by atoms with Gasteiger partial charge in [-0.15, -0.1) is 0 Å². The molecule has 0 unspecified atom stereocenters. The molecule has 29 heavy (non-hydrogen) atoms. The second-order valence-corrected chi connectivity index (χ2v) is 7.10. The van der Waals surface area contributed by atoms with Crippen molar-refractivity contribution in [2.24, 2.45) is 0 Å². The summed E-state index contributed by atoms with van der Waals surface area (Å²) in [5.74, 6) is 1.37. The van der Waals surface area contributed by atoms with Crippen LogP contribution in [0.3, 0.4) is 0 Å². The summed E-state index contributed by atoms with van der Waals surface area (Å²) in [6, 6.07) is 22.3. The normalized spacial score (nSPS) is 13.9. The molecule has 3 aromatic rings. The summed E-state index contributed by atoms with van der Waals surface area (Å²) in [7, 11) is 0. The van der Waals surface area contributed by atoms with Crippen LogP contribution in [0, 0.1) is 0 Å². The van der Waals surface area contributed by atoms with Gasteiger partial charge in [0.05, 0.1) is 0 Å². The first kappa shape index (κ1) is 18.9. The third-order valence-electron chi connectivity index (χ3n) is 5.13. The summed E-state index contributed by atoms with van der Waals surface area (Å²) >= 11 is 0. The van der Waals surface area contributed by atoms with Crippen LogP contribution in [0.1, 0.15) is 12.0 Å². The number of amides is 1. The van der Waals surface area contributed by atoms with Crippen LogP contribution in [-0.4, -0.2) is 42.1 Å². The van der Waals surface area contributed by atoms with Crippen molar-refractivity contribution in [3.63, 3.8) is 0 Å². The molecule has 0 bridgehead atoms. The van der Waals surface area contributed by atoms with Crippen molar-refractivity contribution in [3.8, 4) is 0 Å². The third-order valence-corrected chi connectivity index (χ3v) is 5.13. The molecule has 0 radical (unpaired) electrons. The molecule has 0 saturated carbocycles. The van der Waals surface area contributed by atoms with Crippen LogP contribution in [-0.2, 0) is 11.2 Å². The number of carbonyl (C=O) groups is 1. The number of benzene rings is 2. The van der Waals surface area contributed by atoms with Gasteiger partial charge >= 0.3 is 0 Å². The number of hydrogen-bond acceptors (Lipinski definition) is 5. The van der Waals surface area contributed by atoms with Gasteiger partial charge in [-0.1, -0.05) is 48.5 Å². The van der Waals surface area contributed by atoms with Gasteiger partial charge in [0.15, 0.2) is 0 Å². The van der Waals surface area contributed by atoms with Crippen molar-refractivity contribution in [2.45, 2.75) is 12.8 Å². The van der Waals surface area contributed by atoms with Crippen molar-refractivity contribution < 1.29 is 4.79 Å². The summed E-state index contributed by atoms with van der Waals surface area (Å²) in [6.07, 6.45) is 2.66. The van der Waals surface area contributed by atoms with Crippen LogP contribution in [0.5, 0.6) is 0 Å². The van der Waals surface area contributed by atoms with E-state index < -0.39 is 0 Å². The number of aryl methyl sites for hydroxylation is 1. The van der Waals surface area contributed by atoms with Crippen molar-refractivity contribution >= 4 is 23.2 Å². The van der Waals surface area contributed by atoms with Gasteiger partial charge in [0.25, 0.3) is 0 Å². The highest BCUT2D eigenvalue weighted by atomic mass is 16.1. The average Bonchev–Trinajstić information content (AvgIpc) is 2.79. The Bertz CT molecular complexity index is 924. The topological polar surface area (TPSA) is 61.4 Å². The zero-order valence-corrected chi connectivity index (χ0v) is 16.4. The molecule has 1 saturated heterocycles. The third kappa shape index (κ3) is 5.10. The van der Waals surface area contributed by atoms with Crippen molar-refractivity contribution in [1.29, 1.82) is 0 Å².